The van der Waals surface area contributed by atoms with Crippen LogP contribution >= 0.6 is 0 Å². The van der Waals surface area contributed by atoms with Crippen LogP contribution in [0, 0.1) is 17.3 Å². The van der Waals surface area contributed by atoms with Crippen molar-refractivity contribution in [1.29, 1.82) is 0 Å². The molecule has 2 bridgehead atoms. The van der Waals surface area contributed by atoms with Gasteiger partial charge in [0.25, 0.3) is 0 Å². The van der Waals surface area contributed by atoms with Crippen molar-refractivity contribution in [2.24, 2.45) is 17.3 Å². The molecule has 2 rings (SSSR count). The summed E-state index contributed by atoms with van der Waals surface area (Å²) in [4.78, 5) is 23.6. The number of methoxy groups -OCH3 is 2. The molecule has 0 aliphatic heterocycles. The van der Waals surface area contributed by atoms with Gasteiger partial charge in [-0.3, -0.25) is 9.59 Å². The van der Waals surface area contributed by atoms with Crippen LogP contribution in [0.3, 0.4) is 0 Å². The molecule has 1 saturated carbocycles. The molecule has 2 aliphatic carbocycles. The van der Waals surface area contributed by atoms with Crippen molar-refractivity contribution in [2.75, 3.05) is 14.2 Å². The second kappa shape index (κ2) is 4.72. The summed E-state index contributed by atoms with van der Waals surface area (Å²) in [5.41, 5.74) is -0.782. The van der Waals surface area contributed by atoms with E-state index in [2.05, 4.69) is 0 Å². The van der Waals surface area contributed by atoms with E-state index in [1.165, 1.54) is 14.2 Å². The lowest BCUT2D eigenvalue weighted by Crippen LogP contribution is -2.46. The summed E-state index contributed by atoms with van der Waals surface area (Å²) in [5, 5.41) is 9.87. The van der Waals surface area contributed by atoms with Crippen LogP contribution in [0.5, 0.6) is 0 Å². The monoisotopic (exact) mass is 254 g/mol. The molecule has 0 heterocycles. The number of aliphatic hydroxyl groups excluding tert-OH is 1. The van der Waals surface area contributed by atoms with Crippen LogP contribution in [0.1, 0.15) is 19.3 Å². The first-order valence-corrected chi connectivity index (χ1v) is 6.06. The number of esters is 2. The van der Waals surface area contributed by atoms with E-state index >= 15 is 0 Å². The molecular weight excluding hydrogens is 236 g/mol. The molecule has 5 heteroatoms. The normalized spacial score (nSPS) is 38.1. The molecule has 0 amide bonds. The summed E-state index contributed by atoms with van der Waals surface area (Å²) in [7, 11) is 2.68. The highest BCUT2D eigenvalue weighted by Crippen LogP contribution is 2.48. The van der Waals surface area contributed by atoms with Crippen LogP contribution in [-0.4, -0.2) is 37.4 Å². The lowest BCUT2D eigenvalue weighted by molar-refractivity contribution is -0.160. The van der Waals surface area contributed by atoms with Crippen molar-refractivity contribution < 1.29 is 24.2 Å². The van der Waals surface area contributed by atoms with E-state index in [4.69, 9.17) is 9.47 Å². The van der Waals surface area contributed by atoms with E-state index in [9.17, 15) is 14.7 Å². The summed E-state index contributed by atoms with van der Waals surface area (Å²) in [6.45, 7) is 0. The molecule has 2 aliphatic rings. The van der Waals surface area contributed by atoms with Gasteiger partial charge in [-0.25, -0.2) is 0 Å². The lowest BCUT2D eigenvalue weighted by atomic mass is 9.61. The molecule has 5 nitrogen and oxygen atoms in total. The number of hydrogen-bond acceptors (Lipinski definition) is 5. The number of ether oxygens (including phenoxy) is 2. The van der Waals surface area contributed by atoms with Crippen LogP contribution in [0.15, 0.2) is 12.2 Å². The zero-order valence-corrected chi connectivity index (χ0v) is 10.6. The Morgan fingerprint density at radius 2 is 2.00 bits per heavy atom. The van der Waals surface area contributed by atoms with Gasteiger partial charge in [0.15, 0.2) is 0 Å². The van der Waals surface area contributed by atoms with Gasteiger partial charge in [-0.1, -0.05) is 12.2 Å². The average Bonchev–Trinajstić information content (AvgIpc) is 2.41. The predicted molar refractivity (Wildman–Crippen MR) is 62.4 cm³/mol. The lowest BCUT2D eigenvalue weighted by Gasteiger charge is -2.43. The van der Waals surface area contributed by atoms with Gasteiger partial charge in [0.05, 0.1) is 31.7 Å². The molecule has 4 atom stereocenters. The fraction of sp³-hybridized carbons (Fsp3) is 0.692. The first-order chi connectivity index (χ1) is 8.52. The molecule has 1 fully saturated rings. The van der Waals surface area contributed by atoms with Gasteiger partial charge in [-0.2, -0.15) is 0 Å². The third kappa shape index (κ3) is 2.03. The smallest absolute Gasteiger partial charge is 0.315 e. The number of fused-ring (bicyclic) bond motifs is 2. The van der Waals surface area contributed by atoms with Crippen molar-refractivity contribution in [3.8, 4) is 0 Å². The summed E-state index contributed by atoms with van der Waals surface area (Å²) >= 11 is 0. The molecule has 0 spiro atoms. The molecule has 100 valence electrons. The van der Waals surface area contributed by atoms with Crippen LogP contribution in [0.4, 0.5) is 0 Å². The highest BCUT2D eigenvalue weighted by atomic mass is 16.5. The maximum Gasteiger partial charge on any atom is 0.315 e. The van der Waals surface area contributed by atoms with E-state index in [1.54, 1.807) is 12.2 Å². The fourth-order valence-electron chi connectivity index (χ4n) is 3.14. The van der Waals surface area contributed by atoms with Crippen molar-refractivity contribution in [3.05, 3.63) is 12.2 Å². The Bertz CT molecular complexity index is 389. The summed E-state index contributed by atoms with van der Waals surface area (Å²) in [5.74, 6) is -1.11. The Morgan fingerprint density at radius 3 is 2.61 bits per heavy atom. The third-order valence-corrected chi connectivity index (χ3v) is 4.05. The summed E-state index contributed by atoms with van der Waals surface area (Å²) < 4.78 is 9.59. The quantitative estimate of drug-likeness (QED) is 0.579. The molecule has 0 radical (unpaired) electrons. The Labute approximate surface area is 106 Å². The van der Waals surface area contributed by atoms with Crippen molar-refractivity contribution >= 4 is 11.9 Å². The minimum absolute atomic E-state index is 0.0908. The minimum Gasteiger partial charge on any atom is -0.469 e. The maximum absolute atomic E-state index is 12.0. The topological polar surface area (TPSA) is 72.8 Å². The van der Waals surface area contributed by atoms with E-state index in [0.717, 1.165) is 0 Å². The third-order valence-electron chi connectivity index (χ3n) is 4.05. The van der Waals surface area contributed by atoms with Crippen molar-refractivity contribution in [2.45, 2.75) is 25.4 Å². The Hall–Kier alpha value is -1.36. The summed E-state index contributed by atoms with van der Waals surface area (Å²) in [6.07, 6.45) is 4.21. The number of hydrogen-bond donors (Lipinski definition) is 1. The number of rotatable bonds is 2. The van der Waals surface area contributed by atoms with Crippen LogP contribution in [0.2, 0.25) is 0 Å². The van der Waals surface area contributed by atoms with E-state index in [-0.39, 0.29) is 23.8 Å². The fourth-order valence-corrected chi connectivity index (χ4v) is 3.14. The number of aliphatic hydroxyl groups is 1. The summed E-state index contributed by atoms with van der Waals surface area (Å²) in [6, 6.07) is 0. The van der Waals surface area contributed by atoms with Crippen LogP contribution < -0.4 is 0 Å². The predicted octanol–water partition coefficient (Wildman–Crippen LogP) is 0.666. The molecule has 0 aromatic heterocycles. The maximum atomic E-state index is 12.0. The molecular formula is C13H18O5. The first-order valence-electron chi connectivity index (χ1n) is 6.06. The zero-order chi connectivity index (χ0) is 13.3. The van der Waals surface area contributed by atoms with Crippen molar-refractivity contribution in [1.82, 2.24) is 0 Å². The highest BCUT2D eigenvalue weighted by Gasteiger charge is 2.50. The molecule has 0 saturated heterocycles. The van der Waals surface area contributed by atoms with Crippen molar-refractivity contribution in [3.63, 3.8) is 0 Å². The molecule has 0 aromatic carbocycles. The van der Waals surface area contributed by atoms with Gasteiger partial charge in [-0.15, -0.1) is 0 Å². The standard InChI is InChI=1S/C13H18O5/c1-17-11(15)9-5-8-6-13(7-9,12(16)18-2)4-3-10(8)14/h3-4,8-10,14H,5-7H2,1-2H3/t8-,9+,10+,13+/m1/s1. The van der Waals surface area contributed by atoms with E-state index in [0.29, 0.717) is 19.3 Å². The highest BCUT2D eigenvalue weighted by molar-refractivity contribution is 5.82. The van der Waals surface area contributed by atoms with Crippen LogP contribution in [0.25, 0.3) is 0 Å². The second-order valence-corrected chi connectivity index (χ2v) is 5.12. The molecule has 1 N–H and O–H groups in total. The van der Waals surface area contributed by atoms with Gasteiger partial charge >= 0.3 is 11.9 Å². The first kappa shape index (κ1) is 13.1. The zero-order valence-electron chi connectivity index (χ0n) is 10.6. The average molecular weight is 254 g/mol. The van der Waals surface area contributed by atoms with Gasteiger partial charge in [0.1, 0.15) is 0 Å². The second-order valence-electron chi connectivity index (χ2n) is 5.12. The van der Waals surface area contributed by atoms with E-state index in [1.807, 2.05) is 0 Å². The van der Waals surface area contributed by atoms with Gasteiger partial charge < -0.3 is 14.6 Å². The molecule has 0 aromatic rings. The molecule has 0 unspecified atom stereocenters. The van der Waals surface area contributed by atoms with Gasteiger partial charge in [0.2, 0.25) is 0 Å². The Balaban J connectivity index is 2.30. The Kier molecular flexibility index (Phi) is 3.43. The minimum atomic E-state index is -0.782. The Morgan fingerprint density at radius 1 is 1.28 bits per heavy atom. The molecule has 18 heavy (non-hydrogen) atoms. The number of carbonyl (C=O) groups excluding carboxylic acids is 2. The van der Waals surface area contributed by atoms with Crippen LogP contribution in [-0.2, 0) is 19.1 Å². The van der Waals surface area contributed by atoms with E-state index < -0.39 is 11.5 Å². The number of carbonyl (C=O) groups is 2. The SMILES string of the molecule is COC(=O)[C@H]1C[C@@H]2C[C@@](C(=O)OC)(C=C[C@@H]2O)C1. The van der Waals surface area contributed by atoms with Gasteiger partial charge in [0, 0.05) is 0 Å². The van der Waals surface area contributed by atoms with Gasteiger partial charge in [-0.05, 0) is 25.2 Å². The largest absolute Gasteiger partial charge is 0.469 e.